The van der Waals surface area contributed by atoms with E-state index in [1.165, 1.54) is 57.8 Å². The summed E-state index contributed by atoms with van der Waals surface area (Å²) >= 11 is 0. The van der Waals surface area contributed by atoms with Crippen molar-refractivity contribution in [3.63, 3.8) is 0 Å². The molecule has 0 aliphatic heterocycles. The molecule has 0 aromatic carbocycles. The van der Waals surface area contributed by atoms with Crippen LogP contribution in [0, 0.1) is 23.7 Å². The molecule has 0 amide bonds. The Morgan fingerprint density at radius 2 is 0.818 bits per heavy atom. The van der Waals surface area contributed by atoms with Crippen LogP contribution in [0.25, 0.3) is 0 Å². The van der Waals surface area contributed by atoms with Gasteiger partial charge in [-0.05, 0) is 37.8 Å². The van der Waals surface area contributed by atoms with E-state index in [0.29, 0.717) is 0 Å². The van der Waals surface area contributed by atoms with Crippen LogP contribution in [0.3, 0.4) is 0 Å². The first-order valence-electron chi connectivity index (χ1n) is 9.78. The highest BCUT2D eigenvalue weighted by Gasteiger charge is 2.13. The van der Waals surface area contributed by atoms with E-state index in [4.69, 9.17) is 0 Å². The molecule has 2 rings (SSSR count). The summed E-state index contributed by atoms with van der Waals surface area (Å²) in [6.45, 7) is 10.4. The fourth-order valence-electron chi connectivity index (χ4n) is 3.28. The number of hydrogen-bond acceptors (Lipinski definition) is 2. The summed E-state index contributed by atoms with van der Waals surface area (Å²) in [6, 6.07) is 0. The van der Waals surface area contributed by atoms with Crippen LogP contribution in [0.1, 0.15) is 85.5 Å². The van der Waals surface area contributed by atoms with Crippen LogP contribution in [-0.4, -0.2) is 20.8 Å². The topological polar surface area (TPSA) is 24.1 Å². The Hall–Kier alpha value is -0.0800. The Bertz CT molecular complexity index is 200. The van der Waals surface area contributed by atoms with Gasteiger partial charge in [0.05, 0.1) is 0 Å². The lowest BCUT2D eigenvalue weighted by atomic mass is 9.84. The van der Waals surface area contributed by atoms with Crippen molar-refractivity contribution < 1.29 is 0 Å². The van der Waals surface area contributed by atoms with Crippen molar-refractivity contribution in [2.75, 3.05) is 20.8 Å². The zero-order valence-electron chi connectivity index (χ0n) is 16.4. The molecule has 2 unspecified atom stereocenters. The zero-order chi connectivity index (χ0) is 16.8. The van der Waals surface area contributed by atoms with Gasteiger partial charge >= 0.3 is 0 Å². The lowest BCUT2D eigenvalue weighted by Crippen LogP contribution is -2.21. The molecule has 0 radical (unpaired) electrons. The van der Waals surface area contributed by atoms with Crippen LogP contribution in [0.5, 0.6) is 0 Å². The first-order valence-corrected chi connectivity index (χ1v) is 9.78. The molecule has 0 saturated heterocycles. The molecule has 2 aliphatic rings. The highest BCUT2D eigenvalue weighted by molar-refractivity contribution is 4.66. The average molecular weight is 313 g/mol. The second-order valence-corrected chi connectivity index (χ2v) is 7.97. The number of rotatable bonds is 2. The second-order valence-electron chi connectivity index (χ2n) is 7.97. The van der Waals surface area contributed by atoms with E-state index in [1.807, 2.05) is 14.1 Å². The summed E-state index contributed by atoms with van der Waals surface area (Å²) in [7, 11) is 3.80. The van der Waals surface area contributed by atoms with Crippen molar-refractivity contribution in [3.8, 4) is 0 Å². The summed E-state index contributed by atoms with van der Waals surface area (Å²) in [4.78, 5) is 0. The maximum absolute atomic E-state index is 2.91. The monoisotopic (exact) mass is 312 g/mol. The summed E-state index contributed by atoms with van der Waals surface area (Å²) in [5.41, 5.74) is 0. The molecule has 2 fully saturated rings. The first-order chi connectivity index (χ1) is 10.5. The molecular weight excluding hydrogens is 268 g/mol. The molecule has 2 saturated carbocycles. The fourth-order valence-corrected chi connectivity index (χ4v) is 3.28. The molecule has 0 aromatic heterocycles. The van der Waals surface area contributed by atoms with Gasteiger partial charge in [0.1, 0.15) is 0 Å². The summed E-state index contributed by atoms with van der Waals surface area (Å²) in [5, 5.41) is 5.81. The SMILES string of the molecule is CC1CCC(C)CC1.CC1CCCC(C)CC1.CNCNC. The Morgan fingerprint density at radius 1 is 0.545 bits per heavy atom. The zero-order valence-corrected chi connectivity index (χ0v) is 16.4. The van der Waals surface area contributed by atoms with Gasteiger partial charge in [-0.2, -0.15) is 0 Å². The van der Waals surface area contributed by atoms with Crippen molar-refractivity contribution in [2.24, 2.45) is 23.7 Å². The number of nitrogens with one attached hydrogen (secondary N) is 2. The van der Waals surface area contributed by atoms with E-state index in [2.05, 4.69) is 38.3 Å². The minimum atomic E-state index is 0.889. The predicted octanol–water partition coefficient (Wildman–Crippen LogP) is 5.44. The molecule has 134 valence electrons. The predicted molar refractivity (Wildman–Crippen MR) is 101 cm³/mol. The highest BCUT2D eigenvalue weighted by Crippen LogP contribution is 2.27. The van der Waals surface area contributed by atoms with E-state index >= 15 is 0 Å². The van der Waals surface area contributed by atoms with Crippen molar-refractivity contribution in [2.45, 2.75) is 85.5 Å². The standard InChI is InChI=1S/C9H18.C8H16.C3H10N2/c1-8-4-3-5-9(2)7-6-8;1-7-3-5-8(2)6-4-7;1-4-3-5-2/h8-9H,3-7H2,1-2H3;7-8H,3-6H2,1-2H3;4-5H,3H2,1-2H3. The van der Waals surface area contributed by atoms with E-state index in [-0.39, 0.29) is 0 Å². The van der Waals surface area contributed by atoms with Gasteiger partial charge in [0, 0.05) is 6.67 Å². The normalized spacial score (nSPS) is 31.9. The lowest BCUT2D eigenvalue weighted by molar-refractivity contribution is 0.308. The minimum absolute atomic E-state index is 0.889. The Balaban J connectivity index is 0.000000315. The molecule has 2 atom stereocenters. The lowest BCUT2D eigenvalue weighted by Gasteiger charge is -2.22. The van der Waals surface area contributed by atoms with Crippen LogP contribution in [-0.2, 0) is 0 Å². The summed E-state index contributed by atoms with van der Waals surface area (Å²) in [6.07, 6.45) is 13.3. The molecule has 2 nitrogen and oxygen atoms in total. The molecule has 22 heavy (non-hydrogen) atoms. The van der Waals surface area contributed by atoms with Crippen molar-refractivity contribution in [1.82, 2.24) is 10.6 Å². The van der Waals surface area contributed by atoms with Gasteiger partial charge in [-0.1, -0.05) is 85.5 Å². The smallest absolute Gasteiger partial charge is 0.0449 e. The van der Waals surface area contributed by atoms with Crippen LogP contribution in [0.4, 0.5) is 0 Å². The van der Waals surface area contributed by atoms with Gasteiger partial charge in [0.2, 0.25) is 0 Å². The molecule has 0 aromatic rings. The van der Waals surface area contributed by atoms with Gasteiger partial charge < -0.3 is 10.6 Å². The van der Waals surface area contributed by atoms with E-state index in [1.54, 1.807) is 0 Å². The van der Waals surface area contributed by atoms with Gasteiger partial charge in [-0.3, -0.25) is 0 Å². The highest BCUT2D eigenvalue weighted by atomic mass is 15.0. The van der Waals surface area contributed by atoms with Gasteiger partial charge in [0.25, 0.3) is 0 Å². The molecule has 2 N–H and O–H groups in total. The van der Waals surface area contributed by atoms with Crippen molar-refractivity contribution in [1.29, 1.82) is 0 Å². The maximum atomic E-state index is 2.91. The van der Waals surface area contributed by atoms with Crippen molar-refractivity contribution in [3.05, 3.63) is 0 Å². The molecule has 2 aliphatic carbocycles. The van der Waals surface area contributed by atoms with Gasteiger partial charge in [0.15, 0.2) is 0 Å². The van der Waals surface area contributed by atoms with Gasteiger partial charge in [-0.25, -0.2) is 0 Å². The third-order valence-electron chi connectivity index (χ3n) is 5.20. The largest absolute Gasteiger partial charge is 0.308 e. The molecule has 0 bridgehead atoms. The van der Waals surface area contributed by atoms with E-state index in [0.717, 1.165) is 30.3 Å². The molecule has 2 heteroatoms. The Labute approximate surface area is 141 Å². The van der Waals surface area contributed by atoms with Crippen molar-refractivity contribution >= 4 is 0 Å². The summed E-state index contributed by atoms with van der Waals surface area (Å²) < 4.78 is 0. The second kappa shape index (κ2) is 14.5. The summed E-state index contributed by atoms with van der Waals surface area (Å²) in [5.74, 6) is 4.06. The first kappa shape index (κ1) is 21.9. The third-order valence-corrected chi connectivity index (χ3v) is 5.20. The van der Waals surface area contributed by atoms with Crippen LogP contribution < -0.4 is 10.6 Å². The average Bonchev–Trinajstić information content (AvgIpc) is 2.69. The maximum Gasteiger partial charge on any atom is 0.0449 e. The van der Waals surface area contributed by atoms with Crippen LogP contribution in [0.15, 0.2) is 0 Å². The van der Waals surface area contributed by atoms with Gasteiger partial charge in [-0.15, -0.1) is 0 Å². The molecule has 0 heterocycles. The molecule has 0 spiro atoms. The minimum Gasteiger partial charge on any atom is -0.308 e. The fraction of sp³-hybridized carbons (Fsp3) is 1.00. The Morgan fingerprint density at radius 3 is 1.05 bits per heavy atom. The van der Waals surface area contributed by atoms with Crippen LogP contribution in [0.2, 0.25) is 0 Å². The van der Waals surface area contributed by atoms with E-state index in [9.17, 15) is 0 Å². The quantitative estimate of drug-likeness (QED) is 0.524. The van der Waals surface area contributed by atoms with E-state index < -0.39 is 0 Å². The Kier molecular flexibility index (Phi) is 14.5. The van der Waals surface area contributed by atoms with Crippen LogP contribution >= 0.6 is 0 Å². The molecular formula is C20H44N2. The third kappa shape index (κ3) is 13.6. The number of hydrogen-bond donors (Lipinski definition) is 2.